The number of nitrogens with zero attached hydrogens (tertiary/aromatic N) is 1. The summed E-state index contributed by atoms with van der Waals surface area (Å²) in [6, 6.07) is 7.49. The van der Waals surface area contributed by atoms with Crippen LogP contribution in [0.3, 0.4) is 0 Å². The van der Waals surface area contributed by atoms with Crippen molar-refractivity contribution in [2.75, 3.05) is 13.2 Å². The van der Waals surface area contributed by atoms with Gasteiger partial charge in [-0.15, -0.1) is 0 Å². The Kier molecular flexibility index (Phi) is 4.10. The van der Waals surface area contributed by atoms with Gasteiger partial charge < -0.3 is 9.64 Å². The molecule has 120 valence electrons. The predicted molar refractivity (Wildman–Crippen MR) is 81.9 cm³/mol. The molecule has 22 heavy (non-hydrogen) atoms. The van der Waals surface area contributed by atoms with Gasteiger partial charge in [0.1, 0.15) is 12.4 Å². The molecule has 1 atom stereocenters. The van der Waals surface area contributed by atoms with Crippen molar-refractivity contribution in [1.82, 2.24) is 9.62 Å². The molecule has 1 aromatic carbocycles. The van der Waals surface area contributed by atoms with Gasteiger partial charge in [-0.2, -0.15) is 0 Å². The van der Waals surface area contributed by atoms with Crippen LogP contribution in [0.1, 0.15) is 25.3 Å². The Morgan fingerprint density at radius 3 is 2.82 bits per heavy atom. The van der Waals surface area contributed by atoms with Crippen LogP contribution in [0.5, 0.6) is 5.75 Å². The van der Waals surface area contributed by atoms with Crippen LogP contribution >= 0.6 is 0 Å². The van der Waals surface area contributed by atoms with Crippen molar-refractivity contribution in [3.05, 3.63) is 29.8 Å². The monoisotopic (exact) mass is 324 g/mol. The third-order valence-corrected chi connectivity index (χ3v) is 5.93. The zero-order chi connectivity index (χ0) is 15.7. The van der Waals surface area contributed by atoms with E-state index in [0.717, 1.165) is 11.3 Å². The van der Waals surface area contributed by atoms with E-state index in [4.69, 9.17) is 4.74 Å². The molecule has 1 N–H and O–H groups in total. The van der Waals surface area contributed by atoms with E-state index in [1.165, 1.54) is 0 Å². The highest BCUT2D eigenvalue weighted by Crippen LogP contribution is 2.27. The summed E-state index contributed by atoms with van der Waals surface area (Å²) in [4.78, 5) is 14.1. The van der Waals surface area contributed by atoms with Crippen LogP contribution in [0.15, 0.2) is 24.3 Å². The van der Waals surface area contributed by atoms with Crippen LogP contribution in [0, 0.1) is 0 Å². The van der Waals surface area contributed by atoms with E-state index in [1.807, 2.05) is 31.2 Å². The van der Waals surface area contributed by atoms with E-state index in [1.54, 1.807) is 4.90 Å². The van der Waals surface area contributed by atoms with Gasteiger partial charge in [0.2, 0.25) is 15.9 Å². The number of ether oxygens (including phenoxy) is 1. The predicted octanol–water partition coefficient (Wildman–Crippen LogP) is 0.878. The average Bonchev–Trinajstić information content (AvgIpc) is 3.33. The first-order chi connectivity index (χ1) is 10.5. The fourth-order valence-corrected chi connectivity index (χ4v) is 3.83. The third kappa shape index (κ3) is 3.25. The lowest BCUT2D eigenvalue weighted by Crippen LogP contribution is -2.45. The van der Waals surface area contributed by atoms with Gasteiger partial charge in [-0.3, -0.25) is 4.79 Å². The van der Waals surface area contributed by atoms with Crippen molar-refractivity contribution in [2.45, 2.75) is 37.6 Å². The van der Waals surface area contributed by atoms with Gasteiger partial charge in [0.05, 0.1) is 17.8 Å². The minimum atomic E-state index is -3.34. The molecule has 0 aromatic heterocycles. The average molecular weight is 324 g/mol. The quantitative estimate of drug-likeness (QED) is 0.892. The third-order valence-electron chi connectivity index (χ3n) is 4.03. The maximum absolute atomic E-state index is 12.4. The van der Waals surface area contributed by atoms with E-state index >= 15 is 0 Å². The van der Waals surface area contributed by atoms with Crippen molar-refractivity contribution < 1.29 is 17.9 Å². The minimum absolute atomic E-state index is 0.106. The Labute approximate surface area is 130 Å². The fourth-order valence-electron chi connectivity index (χ4n) is 2.51. The molecule has 1 aromatic rings. The lowest BCUT2D eigenvalue weighted by Gasteiger charge is -2.26. The molecule has 6 nitrogen and oxygen atoms in total. The molecule has 2 aliphatic rings. The standard InChI is InChI=1S/C15H20N2O4S/c1-11-10-21-14-5-3-2-4-12(14)9-17(11)15(18)8-16-22(19,20)13-6-7-13/h2-5,11,13,16H,6-10H2,1H3. The molecule has 1 amide bonds. The van der Waals surface area contributed by atoms with E-state index in [9.17, 15) is 13.2 Å². The molecule has 1 heterocycles. The number of carbonyl (C=O) groups excluding carboxylic acids is 1. The van der Waals surface area contributed by atoms with Gasteiger partial charge in [0, 0.05) is 12.1 Å². The second-order valence-electron chi connectivity index (χ2n) is 5.85. The summed E-state index contributed by atoms with van der Waals surface area (Å²) in [5.74, 6) is 0.556. The normalized spacial score (nSPS) is 21.7. The summed E-state index contributed by atoms with van der Waals surface area (Å²) in [7, 11) is -3.34. The van der Waals surface area contributed by atoms with E-state index < -0.39 is 10.0 Å². The summed E-state index contributed by atoms with van der Waals surface area (Å²) in [6.45, 7) is 2.55. The number of hydrogen-bond acceptors (Lipinski definition) is 4. The smallest absolute Gasteiger partial charge is 0.238 e. The molecular formula is C15H20N2O4S. The van der Waals surface area contributed by atoms with E-state index in [0.29, 0.717) is 26.0 Å². The highest BCUT2D eigenvalue weighted by molar-refractivity contribution is 7.90. The second-order valence-corrected chi connectivity index (χ2v) is 7.90. The van der Waals surface area contributed by atoms with E-state index in [-0.39, 0.29) is 23.7 Å². The number of rotatable bonds is 4. The van der Waals surface area contributed by atoms with Crippen molar-refractivity contribution in [2.24, 2.45) is 0 Å². The Hall–Kier alpha value is -1.60. The first kappa shape index (κ1) is 15.3. The fraction of sp³-hybridized carbons (Fsp3) is 0.533. The van der Waals surface area contributed by atoms with Crippen LogP contribution in [0.25, 0.3) is 0 Å². The maximum atomic E-state index is 12.4. The molecule has 0 radical (unpaired) electrons. The molecule has 7 heteroatoms. The molecule has 0 spiro atoms. The van der Waals surface area contributed by atoms with Crippen LogP contribution in [-0.2, 0) is 21.4 Å². The largest absolute Gasteiger partial charge is 0.491 e. The zero-order valence-corrected chi connectivity index (χ0v) is 13.3. The number of para-hydroxylation sites is 1. The van der Waals surface area contributed by atoms with Crippen LogP contribution in [0.2, 0.25) is 0 Å². The summed E-state index contributed by atoms with van der Waals surface area (Å²) in [5, 5.41) is -0.314. The molecule has 0 saturated heterocycles. The summed E-state index contributed by atoms with van der Waals surface area (Å²) >= 11 is 0. The van der Waals surface area contributed by atoms with Gasteiger partial charge in [-0.1, -0.05) is 18.2 Å². The first-order valence-corrected chi connectivity index (χ1v) is 9.00. The van der Waals surface area contributed by atoms with Gasteiger partial charge in [-0.25, -0.2) is 13.1 Å². The zero-order valence-electron chi connectivity index (χ0n) is 12.5. The highest BCUT2D eigenvalue weighted by atomic mass is 32.2. The Morgan fingerprint density at radius 2 is 2.09 bits per heavy atom. The second kappa shape index (κ2) is 5.89. The number of benzene rings is 1. The highest BCUT2D eigenvalue weighted by Gasteiger charge is 2.36. The lowest BCUT2D eigenvalue weighted by molar-refractivity contribution is -0.132. The molecule has 3 rings (SSSR count). The SMILES string of the molecule is CC1COc2ccccc2CN1C(=O)CNS(=O)(=O)C1CC1. The number of nitrogens with one attached hydrogen (secondary N) is 1. The van der Waals surface area contributed by atoms with Crippen molar-refractivity contribution in [3.8, 4) is 5.75 Å². The molecule has 1 fully saturated rings. The van der Waals surface area contributed by atoms with Gasteiger partial charge in [-0.05, 0) is 25.8 Å². The Bertz CT molecular complexity index is 670. The summed E-state index contributed by atoms with van der Waals surface area (Å²) in [5.41, 5.74) is 0.935. The number of carbonyl (C=O) groups is 1. The van der Waals surface area contributed by atoms with Crippen LogP contribution in [-0.4, -0.2) is 43.7 Å². The van der Waals surface area contributed by atoms with Crippen molar-refractivity contribution in [3.63, 3.8) is 0 Å². The van der Waals surface area contributed by atoms with Crippen molar-refractivity contribution >= 4 is 15.9 Å². The summed E-state index contributed by atoms with van der Waals surface area (Å²) < 4.78 is 31.8. The molecule has 1 aliphatic carbocycles. The molecular weight excluding hydrogens is 304 g/mol. The number of hydrogen-bond donors (Lipinski definition) is 1. The van der Waals surface area contributed by atoms with Gasteiger partial charge in [0.15, 0.2) is 0 Å². The Balaban J connectivity index is 1.68. The molecule has 1 saturated carbocycles. The van der Waals surface area contributed by atoms with Crippen LogP contribution < -0.4 is 9.46 Å². The first-order valence-electron chi connectivity index (χ1n) is 7.46. The number of sulfonamides is 1. The topological polar surface area (TPSA) is 75.7 Å². The van der Waals surface area contributed by atoms with E-state index in [2.05, 4.69) is 4.72 Å². The lowest BCUT2D eigenvalue weighted by atomic mass is 10.2. The molecule has 1 aliphatic heterocycles. The maximum Gasteiger partial charge on any atom is 0.238 e. The number of amides is 1. The Morgan fingerprint density at radius 1 is 1.36 bits per heavy atom. The van der Waals surface area contributed by atoms with Crippen molar-refractivity contribution in [1.29, 1.82) is 0 Å². The van der Waals surface area contributed by atoms with Gasteiger partial charge >= 0.3 is 0 Å². The molecule has 1 unspecified atom stereocenters. The minimum Gasteiger partial charge on any atom is -0.491 e. The molecule has 0 bridgehead atoms. The van der Waals surface area contributed by atoms with Gasteiger partial charge in [0.25, 0.3) is 0 Å². The van der Waals surface area contributed by atoms with Crippen LogP contribution in [0.4, 0.5) is 0 Å². The summed E-state index contributed by atoms with van der Waals surface area (Å²) in [6.07, 6.45) is 1.37. The number of fused-ring (bicyclic) bond motifs is 1.